The van der Waals surface area contributed by atoms with Gasteiger partial charge in [-0.2, -0.15) is 0 Å². The molecule has 0 amide bonds. The number of nitro groups is 1. The molecule has 9 heteroatoms. The molecule has 0 bridgehead atoms. The van der Waals surface area contributed by atoms with Crippen LogP contribution in [0.3, 0.4) is 0 Å². The first-order chi connectivity index (χ1) is 14.1. The van der Waals surface area contributed by atoms with Crippen molar-refractivity contribution in [2.45, 2.75) is 38.9 Å². The van der Waals surface area contributed by atoms with Crippen molar-refractivity contribution in [2.24, 2.45) is 4.99 Å². The minimum atomic E-state index is -0.380. The second kappa shape index (κ2) is 12.4. The van der Waals surface area contributed by atoms with Gasteiger partial charge in [0.1, 0.15) is 0 Å². The fourth-order valence-corrected chi connectivity index (χ4v) is 3.41. The molecule has 1 aliphatic rings. The summed E-state index contributed by atoms with van der Waals surface area (Å²) in [7, 11) is 0. The second-order valence-corrected chi connectivity index (χ2v) is 7.14. The molecule has 0 unspecified atom stereocenters. The molecule has 2 aromatic rings. The van der Waals surface area contributed by atoms with E-state index in [0.717, 1.165) is 56.2 Å². The number of non-ortho nitro benzene ring substituents is 1. The van der Waals surface area contributed by atoms with Crippen molar-refractivity contribution in [1.82, 2.24) is 20.5 Å². The molecule has 0 spiro atoms. The number of piperidine rings is 1. The van der Waals surface area contributed by atoms with Crippen molar-refractivity contribution < 1.29 is 4.92 Å². The number of hydrogen-bond acceptors (Lipinski definition) is 5. The van der Waals surface area contributed by atoms with Crippen LogP contribution < -0.4 is 10.6 Å². The standard InChI is InChI=1S/C21H28N6O2.HI/c1-2-22-21(24-15-17-6-5-8-20(14-17)27(28)29)25-18-9-12-26(13-10-18)16-19-7-3-4-11-23-19;/h3-8,11,14,18H,2,9-10,12-13,15-16H2,1H3,(H2,22,24,25);1H. The number of aliphatic imine (C=N–C) groups is 1. The summed E-state index contributed by atoms with van der Waals surface area (Å²) in [5, 5.41) is 17.7. The highest BCUT2D eigenvalue weighted by Gasteiger charge is 2.20. The lowest BCUT2D eigenvalue weighted by atomic mass is 10.0. The number of rotatable bonds is 7. The monoisotopic (exact) mass is 524 g/mol. The first-order valence-corrected chi connectivity index (χ1v) is 10.0. The normalized spacial score (nSPS) is 15.3. The highest BCUT2D eigenvalue weighted by molar-refractivity contribution is 14.0. The van der Waals surface area contributed by atoms with Crippen LogP contribution in [0.25, 0.3) is 0 Å². The zero-order valence-corrected chi connectivity index (χ0v) is 19.5. The molecule has 0 radical (unpaired) electrons. The quantitative estimate of drug-likeness (QED) is 0.190. The van der Waals surface area contributed by atoms with E-state index in [4.69, 9.17) is 0 Å². The first kappa shape index (κ1) is 24.0. The van der Waals surface area contributed by atoms with Crippen LogP contribution in [0, 0.1) is 10.1 Å². The SMILES string of the molecule is CCNC(=NCc1cccc([N+](=O)[O-])c1)NC1CCN(Cc2ccccn2)CC1.I. The molecular formula is C21H29IN6O2. The molecule has 162 valence electrons. The molecule has 30 heavy (non-hydrogen) atoms. The fourth-order valence-electron chi connectivity index (χ4n) is 3.41. The number of nitro benzene ring substituents is 1. The molecule has 8 nitrogen and oxygen atoms in total. The minimum absolute atomic E-state index is 0. The highest BCUT2D eigenvalue weighted by Crippen LogP contribution is 2.15. The number of benzene rings is 1. The van der Waals surface area contributed by atoms with Gasteiger partial charge in [-0.25, -0.2) is 4.99 Å². The lowest BCUT2D eigenvalue weighted by Crippen LogP contribution is -2.48. The third-order valence-electron chi connectivity index (χ3n) is 4.93. The summed E-state index contributed by atoms with van der Waals surface area (Å²) in [5.74, 6) is 0.752. The summed E-state index contributed by atoms with van der Waals surface area (Å²) >= 11 is 0. The number of hydrogen-bond donors (Lipinski definition) is 2. The Morgan fingerprint density at radius 2 is 2.07 bits per heavy atom. The maximum atomic E-state index is 10.9. The van der Waals surface area contributed by atoms with Crippen LogP contribution in [0.15, 0.2) is 53.7 Å². The molecule has 2 N–H and O–H groups in total. The smallest absolute Gasteiger partial charge is 0.269 e. The highest BCUT2D eigenvalue weighted by atomic mass is 127. The van der Waals surface area contributed by atoms with E-state index in [9.17, 15) is 10.1 Å². The summed E-state index contributed by atoms with van der Waals surface area (Å²) in [6.07, 6.45) is 3.91. The number of nitrogens with one attached hydrogen (secondary N) is 2. The molecule has 1 fully saturated rings. The van der Waals surface area contributed by atoms with E-state index in [2.05, 4.69) is 31.6 Å². The van der Waals surface area contributed by atoms with E-state index in [1.54, 1.807) is 12.1 Å². The van der Waals surface area contributed by atoms with E-state index in [1.165, 1.54) is 6.07 Å². The van der Waals surface area contributed by atoms with E-state index >= 15 is 0 Å². The van der Waals surface area contributed by atoms with Crippen LogP contribution in [0.5, 0.6) is 0 Å². The van der Waals surface area contributed by atoms with Gasteiger partial charge < -0.3 is 10.6 Å². The number of nitrogens with zero attached hydrogens (tertiary/aromatic N) is 4. The minimum Gasteiger partial charge on any atom is -0.357 e. The van der Waals surface area contributed by atoms with Gasteiger partial charge in [0.05, 0.1) is 17.2 Å². The summed E-state index contributed by atoms with van der Waals surface area (Å²) in [5.41, 5.74) is 2.02. The lowest BCUT2D eigenvalue weighted by molar-refractivity contribution is -0.384. The van der Waals surface area contributed by atoms with Crippen molar-refractivity contribution in [3.8, 4) is 0 Å². The lowest BCUT2D eigenvalue weighted by Gasteiger charge is -2.32. The third-order valence-corrected chi connectivity index (χ3v) is 4.93. The summed E-state index contributed by atoms with van der Waals surface area (Å²) < 4.78 is 0. The van der Waals surface area contributed by atoms with Gasteiger partial charge in [-0.15, -0.1) is 24.0 Å². The molecule has 3 rings (SSSR count). The molecule has 0 aliphatic carbocycles. The molecule has 0 atom stereocenters. The van der Waals surface area contributed by atoms with Crippen LogP contribution in [0.4, 0.5) is 5.69 Å². The summed E-state index contributed by atoms with van der Waals surface area (Å²) in [6.45, 7) is 6.10. The number of pyridine rings is 1. The molecule has 1 aromatic heterocycles. The summed E-state index contributed by atoms with van der Waals surface area (Å²) in [4.78, 5) is 22.0. The van der Waals surface area contributed by atoms with Crippen molar-refractivity contribution in [3.05, 3.63) is 70.0 Å². The van der Waals surface area contributed by atoms with Gasteiger partial charge in [-0.05, 0) is 37.5 Å². The van der Waals surface area contributed by atoms with Crippen LogP contribution in [-0.2, 0) is 13.1 Å². The fraction of sp³-hybridized carbons (Fsp3) is 0.429. The van der Waals surface area contributed by atoms with Gasteiger partial charge in [-0.3, -0.25) is 20.0 Å². The molecule has 2 heterocycles. The Labute approximate surface area is 194 Å². The van der Waals surface area contributed by atoms with E-state index in [0.29, 0.717) is 12.6 Å². The van der Waals surface area contributed by atoms with E-state index < -0.39 is 0 Å². The molecular weight excluding hydrogens is 495 g/mol. The number of aromatic nitrogens is 1. The van der Waals surface area contributed by atoms with Gasteiger partial charge in [0.25, 0.3) is 5.69 Å². The predicted octanol–water partition coefficient (Wildman–Crippen LogP) is 3.33. The van der Waals surface area contributed by atoms with E-state index in [1.807, 2.05) is 31.3 Å². The Kier molecular flexibility index (Phi) is 9.95. The third kappa shape index (κ3) is 7.52. The molecule has 1 aliphatic heterocycles. The Morgan fingerprint density at radius 3 is 2.73 bits per heavy atom. The molecule has 0 saturated carbocycles. The second-order valence-electron chi connectivity index (χ2n) is 7.14. The summed E-state index contributed by atoms with van der Waals surface area (Å²) in [6, 6.07) is 13.0. The largest absolute Gasteiger partial charge is 0.357 e. The van der Waals surface area contributed by atoms with Crippen LogP contribution >= 0.6 is 24.0 Å². The number of halogens is 1. The Morgan fingerprint density at radius 1 is 1.27 bits per heavy atom. The maximum absolute atomic E-state index is 10.9. The van der Waals surface area contributed by atoms with Crippen LogP contribution in [0.1, 0.15) is 31.0 Å². The van der Waals surface area contributed by atoms with Gasteiger partial charge in [0, 0.05) is 50.6 Å². The average Bonchev–Trinajstić information content (AvgIpc) is 2.74. The zero-order chi connectivity index (χ0) is 20.5. The van der Waals surface area contributed by atoms with Crippen LogP contribution in [0.2, 0.25) is 0 Å². The van der Waals surface area contributed by atoms with E-state index in [-0.39, 0.29) is 34.6 Å². The van der Waals surface area contributed by atoms with Crippen molar-refractivity contribution in [3.63, 3.8) is 0 Å². The number of guanidine groups is 1. The van der Waals surface area contributed by atoms with Crippen molar-refractivity contribution in [2.75, 3.05) is 19.6 Å². The first-order valence-electron chi connectivity index (χ1n) is 10.0. The Bertz CT molecular complexity index is 825. The van der Waals surface area contributed by atoms with Gasteiger partial charge in [0.15, 0.2) is 5.96 Å². The van der Waals surface area contributed by atoms with Crippen molar-refractivity contribution >= 4 is 35.6 Å². The van der Waals surface area contributed by atoms with Gasteiger partial charge in [-0.1, -0.05) is 18.2 Å². The number of likely N-dealkylation sites (tertiary alicyclic amines) is 1. The van der Waals surface area contributed by atoms with Gasteiger partial charge >= 0.3 is 0 Å². The van der Waals surface area contributed by atoms with Gasteiger partial charge in [0.2, 0.25) is 0 Å². The predicted molar refractivity (Wildman–Crippen MR) is 129 cm³/mol. The Balaban J connectivity index is 0.00000320. The topological polar surface area (TPSA) is 95.7 Å². The van der Waals surface area contributed by atoms with Crippen LogP contribution in [-0.4, -0.2) is 46.4 Å². The maximum Gasteiger partial charge on any atom is 0.269 e. The zero-order valence-electron chi connectivity index (χ0n) is 17.2. The van der Waals surface area contributed by atoms with Crippen molar-refractivity contribution in [1.29, 1.82) is 0 Å². The average molecular weight is 524 g/mol. The Hall–Kier alpha value is -2.27. The molecule has 1 saturated heterocycles. The molecule has 1 aromatic carbocycles.